The summed E-state index contributed by atoms with van der Waals surface area (Å²) in [5.74, 6) is 0. The molecule has 0 aliphatic heterocycles. The van der Waals surface area contributed by atoms with Crippen LogP contribution in [0.1, 0.15) is 16.7 Å². The summed E-state index contributed by atoms with van der Waals surface area (Å²) in [4.78, 5) is 0.546. The van der Waals surface area contributed by atoms with E-state index in [1.807, 2.05) is 30.3 Å². The molecule has 4 heteroatoms. The summed E-state index contributed by atoms with van der Waals surface area (Å²) >= 11 is 5.24. The zero-order valence-corrected chi connectivity index (χ0v) is 10.1. The number of hydrogen-bond acceptors (Lipinski definition) is 1. The molecule has 2 rings (SSSR count). The SMILES string of the molecule is FC(F)(F)c1ccc(C(=S)c2ccccc2)cc1. The topological polar surface area (TPSA) is 0 Å². The van der Waals surface area contributed by atoms with Gasteiger partial charge in [-0.25, -0.2) is 0 Å². The van der Waals surface area contributed by atoms with Crippen molar-refractivity contribution < 1.29 is 13.2 Å². The van der Waals surface area contributed by atoms with E-state index in [9.17, 15) is 13.2 Å². The monoisotopic (exact) mass is 266 g/mol. The van der Waals surface area contributed by atoms with Crippen molar-refractivity contribution in [2.45, 2.75) is 6.18 Å². The number of rotatable bonds is 2. The average molecular weight is 266 g/mol. The van der Waals surface area contributed by atoms with Crippen LogP contribution < -0.4 is 0 Å². The van der Waals surface area contributed by atoms with E-state index < -0.39 is 11.7 Å². The van der Waals surface area contributed by atoms with E-state index in [2.05, 4.69) is 0 Å². The van der Waals surface area contributed by atoms with Crippen molar-refractivity contribution in [3.63, 3.8) is 0 Å². The van der Waals surface area contributed by atoms with E-state index in [0.717, 1.165) is 17.7 Å². The van der Waals surface area contributed by atoms with Crippen LogP contribution in [0.15, 0.2) is 54.6 Å². The summed E-state index contributed by atoms with van der Waals surface area (Å²) in [7, 11) is 0. The second-order valence-electron chi connectivity index (χ2n) is 3.77. The summed E-state index contributed by atoms with van der Waals surface area (Å²) in [6.45, 7) is 0. The normalized spacial score (nSPS) is 11.3. The fraction of sp³-hybridized carbons (Fsp3) is 0.0714. The molecule has 0 aliphatic carbocycles. The maximum atomic E-state index is 12.4. The molecule has 0 aromatic heterocycles. The van der Waals surface area contributed by atoms with Crippen LogP contribution in [0.5, 0.6) is 0 Å². The largest absolute Gasteiger partial charge is 0.416 e. The lowest BCUT2D eigenvalue weighted by molar-refractivity contribution is -0.137. The van der Waals surface area contributed by atoms with E-state index in [0.29, 0.717) is 10.4 Å². The molecule has 0 N–H and O–H groups in total. The molecule has 0 fully saturated rings. The second kappa shape index (κ2) is 4.90. The molecule has 18 heavy (non-hydrogen) atoms. The van der Waals surface area contributed by atoms with Gasteiger partial charge in [-0.05, 0) is 23.3 Å². The summed E-state index contributed by atoms with van der Waals surface area (Å²) in [6, 6.07) is 14.1. The summed E-state index contributed by atoms with van der Waals surface area (Å²) in [5, 5.41) is 0. The van der Waals surface area contributed by atoms with E-state index in [4.69, 9.17) is 12.2 Å². The number of hydrogen-bond donors (Lipinski definition) is 0. The third-order valence-electron chi connectivity index (χ3n) is 2.51. The van der Waals surface area contributed by atoms with Gasteiger partial charge in [0, 0.05) is 0 Å². The first kappa shape index (κ1) is 12.8. The number of halogens is 3. The molecule has 0 heterocycles. The van der Waals surface area contributed by atoms with Crippen LogP contribution in [0.2, 0.25) is 0 Å². The van der Waals surface area contributed by atoms with Crippen molar-refractivity contribution >= 4 is 17.1 Å². The molecule has 2 aromatic rings. The fourth-order valence-electron chi connectivity index (χ4n) is 1.57. The molecule has 2 aromatic carbocycles. The van der Waals surface area contributed by atoms with Gasteiger partial charge in [0.2, 0.25) is 0 Å². The highest BCUT2D eigenvalue weighted by atomic mass is 32.1. The Morgan fingerprint density at radius 3 is 1.78 bits per heavy atom. The standard InChI is InChI=1S/C14H9F3S/c15-14(16,17)12-8-6-11(7-9-12)13(18)10-4-2-1-3-5-10/h1-9H. The van der Waals surface area contributed by atoms with Gasteiger partial charge in [0.05, 0.1) is 10.4 Å². The zero-order valence-electron chi connectivity index (χ0n) is 9.24. The maximum absolute atomic E-state index is 12.4. The summed E-state index contributed by atoms with van der Waals surface area (Å²) in [6.07, 6.45) is -4.31. The molecule has 0 saturated heterocycles. The van der Waals surface area contributed by atoms with Crippen molar-refractivity contribution in [2.24, 2.45) is 0 Å². The molecule has 0 amide bonds. The van der Waals surface area contributed by atoms with Gasteiger partial charge >= 0.3 is 6.18 Å². The van der Waals surface area contributed by atoms with Crippen LogP contribution in [-0.4, -0.2) is 4.86 Å². The van der Waals surface area contributed by atoms with Gasteiger partial charge in [0.1, 0.15) is 0 Å². The van der Waals surface area contributed by atoms with Crippen molar-refractivity contribution in [3.8, 4) is 0 Å². The van der Waals surface area contributed by atoms with Gasteiger partial charge in [-0.3, -0.25) is 0 Å². The molecule has 0 radical (unpaired) electrons. The van der Waals surface area contributed by atoms with Crippen LogP contribution >= 0.6 is 12.2 Å². The van der Waals surface area contributed by atoms with Gasteiger partial charge in [-0.15, -0.1) is 0 Å². The Kier molecular flexibility index (Phi) is 3.48. The Bertz CT molecular complexity index is 542. The lowest BCUT2D eigenvalue weighted by Gasteiger charge is -2.08. The molecule has 0 bridgehead atoms. The Balaban J connectivity index is 2.28. The summed E-state index contributed by atoms with van der Waals surface area (Å²) < 4.78 is 37.2. The van der Waals surface area contributed by atoms with Gasteiger partial charge < -0.3 is 0 Å². The van der Waals surface area contributed by atoms with Crippen LogP contribution in [0.25, 0.3) is 0 Å². The van der Waals surface area contributed by atoms with Crippen molar-refractivity contribution in [2.75, 3.05) is 0 Å². The van der Waals surface area contributed by atoms with E-state index in [1.165, 1.54) is 12.1 Å². The number of thiocarbonyl (C=S) groups is 1. The Morgan fingerprint density at radius 1 is 0.778 bits per heavy atom. The lowest BCUT2D eigenvalue weighted by Crippen LogP contribution is -2.06. The van der Waals surface area contributed by atoms with Crippen LogP contribution in [-0.2, 0) is 6.18 Å². The fourth-order valence-corrected chi connectivity index (χ4v) is 1.84. The van der Waals surface area contributed by atoms with Crippen molar-refractivity contribution in [3.05, 3.63) is 71.3 Å². The van der Waals surface area contributed by atoms with Gasteiger partial charge in [0.15, 0.2) is 0 Å². The Hall–Kier alpha value is -1.68. The first-order valence-electron chi connectivity index (χ1n) is 5.25. The summed E-state index contributed by atoms with van der Waals surface area (Å²) in [5.41, 5.74) is 0.776. The first-order valence-corrected chi connectivity index (χ1v) is 5.66. The smallest absolute Gasteiger partial charge is 0.166 e. The Morgan fingerprint density at radius 2 is 1.28 bits per heavy atom. The quantitative estimate of drug-likeness (QED) is 0.571. The van der Waals surface area contributed by atoms with Crippen molar-refractivity contribution in [1.82, 2.24) is 0 Å². The van der Waals surface area contributed by atoms with E-state index >= 15 is 0 Å². The maximum Gasteiger partial charge on any atom is 0.416 e. The third kappa shape index (κ3) is 2.76. The van der Waals surface area contributed by atoms with Crippen LogP contribution in [0.4, 0.5) is 13.2 Å². The molecular formula is C14H9F3S. The van der Waals surface area contributed by atoms with Crippen LogP contribution in [0.3, 0.4) is 0 Å². The Labute approximate surface area is 108 Å². The van der Waals surface area contributed by atoms with E-state index in [1.54, 1.807) is 0 Å². The highest BCUT2D eigenvalue weighted by Crippen LogP contribution is 2.29. The first-order chi connectivity index (χ1) is 8.48. The molecule has 0 spiro atoms. The zero-order chi connectivity index (χ0) is 13.2. The van der Waals surface area contributed by atoms with Gasteiger partial charge in [-0.1, -0.05) is 54.7 Å². The number of alkyl halides is 3. The molecule has 0 nitrogen and oxygen atoms in total. The molecule has 0 unspecified atom stereocenters. The molecule has 0 aliphatic rings. The molecular weight excluding hydrogens is 257 g/mol. The minimum Gasteiger partial charge on any atom is -0.166 e. The molecule has 0 saturated carbocycles. The van der Waals surface area contributed by atoms with Crippen molar-refractivity contribution in [1.29, 1.82) is 0 Å². The highest BCUT2D eigenvalue weighted by Gasteiger charge is 2.30. The van der Waals surface area contributed by atoms with Gasteiger partial charge in [0.25, 0.3) is 0 Å². The van der Waals surface area contributed by atoms with E-state index in [-0.39, 0.29) is 0 Å². The highest BCUT2D eigenvalue weighted by molar-refractivity contribution is 7.81. The van der Waals surface area contributed by atoms with Gasteiger partial charge in [-0.2, -0.15) is 13.2 Å². The number of benzene rings is 2. The minimum atomic E-state index is -4.31. The van der Waals surface area contributed by atoms with Crippen LogP contribution in [0, 0.1) is 0 Å². The predicted octanol–water partition coefficient (Wildman–Crippen LogP) is 4.47. The third-order valence-corrected chi connectivity index (χ3v) is 2.98. The lowest BCUT2D eigenvalue weighted by atomic mass is 10.0. The second-order valence-corrected chi connectivity index (χ2v) is 4.18. The molecule has 92 valence electrons. The average Bonchev–Trinajstić information content (AvgIpc) is 2.38. The predicted molar refractivity (Wildman–Crippen MR) is 68.7 cm³/mol. The minimum absolute atomic E-state index is 0.546. The molecule has 0 atom stereocenters.